The number of anilines is 1. The average molecular weight is 402 g/mol. The molecule has 1 aromatic carbocycles. The summed E-state index contributed by atoms with van der Waals surface area (Å²) in [6.45, 7) is 6.70. The molecule has 26 heavy (non-hydrogen) atoms. The average Bonchev–Trinajstić information content (AvgIpc) is 2.54. The lowest BCUT2D eigenvalue weighted by atomic mass is 10.1. The van der Waals surface area contributed by atoms with E-state index in [9.17, 15) is 14.4 Å². The minimum atomic E-state index is -0.746. The SMILES string of the molecule is CCCOC(=O)C(=CNc1cc(Cl)cc(C(=O)OC(C)C)c1Cl)C(C)=O. The summed E-state index contributed by atoms with van der Waals surface area (Å²) in [5, 5.41) is 3.02. The minimum Gasteiger partial charge on any atom is -0.462 e. The molecule has 0 amide bonds. The van der Waals surface area contributed by atoms with Crippen LogP contribution in [-0.4, -0.2) is 30.4 Å². The number of nitrogens with one attached hydrogen (secondary N) is 1. The number of hydrogen-bond donors (Lipinski definition) is 1. The zero-order valence-corrected chi connectivity index (χ0v) is 16.5. The van der Waals surface area contributed by atoms with Crippen molar-refractivity contribution in [3.63, 3.8) is 0 Å². The molecule has 0 aliphatic rings. The van der Waals surface area contributed by atoms with E-state index >= 15 is 0 Å². The van der Waals surface area contributed by atoms with Gasteiger partial charge in [-0.2, -0.15) is 0 Å². The molecule has 0 saturated heterocycles. The fourth-order valence-corrected chi connectivity index (χ4v) is 2.31. The number of ether oxygens (including phenoxy) is 2. The van der Waals surface area contributed by atoms with Crippen molar-refractivity contribution >= 4 is 46.6 Å². The van der Waals surface area contributed by atoms with Gasteiger partial charge in [-0.15, -0.1) is 0 Å². The van der Waals surface area contributed by atoms with Crippen molar-refractivity contribution in [2.24, 2.45) is 0 Å². The highest BCUT2D eigenvalue weighted by Crippen LogP contribution is 2.31. The van der Waals surface area contributed by atoms with Crippen LogP contribution in [-0.2, 0) is 19.1 Å². The molecular weight excluding hydrogens is 381 g/mol. The molecule has 0 atom stereocenters. The molecule has 8 heteroatoms. The molecule has 1 N–H and O–H groups in total. The Morgan fingerprint density at radius 2 is 1.88 bits per heavy atom. The molecule has 0 fully saturated rings. The molecule has 0 aromatic heterocycles. The number of carbonyl (C=O) groups excluding carboxylic acids is 3. The Hall–Kier alpha value is -2.05. The van der Waals surface area contributed by atoms with Gasteiger partial charge in [-0.1, -0.05) is 30.1 Å². The zero-order chi connectivity index (χ0) is 19.9. The summed E-state index contributed by atoms with van der Waals surface area (Å²) in [5.41, 5.74) is 0.138. The highest BCUT2D eigenvalue weighted by Gasteiger charge is 2.19. The van der Waals surface area contributed by atoms with E-state index < -0.39 is 17.7 Å². The maximum Gasteiger partial charge on any atom is 0.343 e. The minimum absolute atomic E-state index is 0.0566. The first-order valence-electron chi connectivity index (χ1n) is 8.02. The van der Waals surface area contributed by atoms with Gasteiger partial charge >= 0.3 is 11.9 Å². The summed E-state index contributed by atoms with van der Waals surface area (Å²) in [6.07, 6.45) is 1.48. The number of benzene rings is 1. The van der Waals surface area contributed by atoms with Gasteiger partial charge in [0.1, 0.15) is 5.57 Å². The standard InChI is InChI=1S/C18H21Cl2NO5/c1-5-6-25-17(23)14(11(4)22)9-21-15-8-12(19)7-13(16(15)20)18(24)26-10(2)3/h7-10,21H,5-6H2,1-4H3. The lowest BCUT2D eigenvalue weighted by Crippen LogP contribution is -2.16. The molecule has 6 nitrogen and oxygen atoms in total. The smallest absolute Gasteiger partial charge is 0.343 e. The van der Waals surface area contributed by atoms with Crippen molar-refractivity contribution in [3.05, 3.63) is 39.5 Å². The van der Waals surface area contributed by atoms with E-state index in [1.54, 1.807) is 13.8 Å². The van der Waals surface area contributed by atoms with Gasteiger partial charge in [0.05, 0.1) is 29.0 Å². The van der Waals surface area contributed by atoms with Crippen LogP contribution in [0, 0.1) is 0 Å². The molecule has 0 saturated carbocycles. The summed E-state index contributed by atoms with van der Waals surface area (Å²) < 4.78 is 10.1. The number of carbonyl (C=O) groups is 3. The van der Waals surface area contributed by atoms with E-state index in [1.165, 1.54) is 25.3 Å². The first-order valence-corrected chi connectivity index (χ1v) is 8.77. The number of hydrogen-bond acceptors (Lipinski definition) is 6. The maximum absolute atomic E-state index is 12.1. The number of ketones is 1. The van der Waals surface area contributed by atoms with Crippen LogP contribution in [0.5, 0.6) is 0 Å². The van der Waals surface area contributed by atoms with E-state index in [0.717, 1.165) is 0 Å². The molecular formula is C18H21Cl2NO5. The molecule has 0 aliphatic carbocycles. The molecule has 1 rings (SSSR count). The van der Waals surface area contributed by atoms with Crippen LogP contribution in [0.25, 0.3) is 0 Å². The van der Waals surface area contributed by atoms with Crippen LogP contribution in [0.4, 0.5) is 5.69 Å². The van der Waals surface area contributed by atoms with Gasteiger partial charge in [0, 0.05) is 11.2 Å². The summed E-state index contributed by atoms with van der Waals surface area (Å²) in [4.78, 5) is 35.7. The largest absolute Gasteiger partial charge is 0.462 e. The van der Waals surface area contributed by atoms with Crippen LogP contribution < -0.4 is 5.32 Å². The quantitative estimate of drug-likeness (QED) is 0.301. The third-order valence-electron chi connectivity index (χ3n) is 3.01. The Morgan fingerprint density at radius 1 is 1.23 bits per heavy atom. The molecule has 142 valence electrons. The van der Waals surface area contributed by atoms with E-state index in [2.05, 4.69) is 5.32 Å². The van der Waals surface area contributed by atoms with Gasteiger partial charge < -0.3 is 14.8 Å². The zero-order valence-electron chi connectivity index (χ0n) is 15.0. The highest BCUT2D eigenvalue weighted by atomic mass is 35.5. The Bertz CT molecular complexity index is 729. The fraction of sp³-hybridized carbons (Fsp3) is 0.389. The molecule has 0 spiro atoms. The third kappa shape index (κ3) is 6.35. The molecule has 0 aliphatic heterocycles. The lowest BCUT2D eigenvalue weighted by Gasteiger charge is -2.13. The van der Waals surface area contributed by atoms with Gasteiger partial charge in [0.2, 0.25) is 0 Å². The van der Waals surface area contributed by atoms with Gasteiger partial charge in [0.25, 0.3) is 0 Å². The van der Waals surface area contributed by atoms with Crippen LogP contribution in [0.15, 0.2) is 23.9 Å². The Labute approximate surface area is 162 Å². The van der Waals surface area contributed by atoms with Crippen molar-refractivity contribution in [1.29, 1.82) is 0 Å². The van der Waals surface area contributed by atoms with Crippen LogP contribution >= 0.6 is 23.2 Å². The first-order chi connectivity index (χ1) is 12.2. The second-order valence-electron chi connectivity index (χ2n) is 5.66. The monoisotopic (exact) mass is 401 g/mol. The molecule has 0 radical (unpaired) electrons. The summed E-state index contributed by atoms with van der Waals surface area (Å²) in [7, 11) is 0. The topological polar surface area (TPSA) is 81.7 Å². The second kappa shape index (κ2) is 10.2. The third-order valence-corrected chi connectivity index (χ3v) is 3.63. The van der Waals surface area contributed by atoms with E-state index in [-0.39, 0.29) is 39.6 Å². The summed E-state index contributed by atoms with van der Waals surface area (Å²) >= 11 is 12.3. The maximum atomic E-state index is 12.1. The predicted molar refractivity (Wildman–Crippen MR) is 101 cm³/mol. The van der Waals surface area contributed by atoms with E-state index in [4.69, 9.17) is 32.7 Å². The summed E-state index contributed by atoms with van der Waals surface area (Å²) in [5.74, 6) is -1.85. The molecule has 0 unspecified atom stereocenters. The molecule has 0 heterocycles. The predicted octanol–water partition coefficient (Wildman–Crippen LogP) is 4.40. The van der Waals surface area contributed by atoms with Gasteiger partial charge in [0.15, 0.2) is 5.78 Å². The van der Waals surface area contributed by atoms with E-state index in [1.807, 2.05) is 6.92 Å². The van der Waals surface area contributed by atoms with Crippen molar-refractivity contribution in [2.75, 3.05) is 11.9 Å². The van der Waals surface area contributed by atoms with Crippen molar-refractivity contribution in [2.45, 2.75) is 40.2 Å². The highest BCUT2D eigenvalue weighted by molar-refractivity contribution is 6.38. The normalized spacial score (nSPS) is 11.3. The van der Waals surface area contributed by atoms with Crippen molar-refractivity contribution in [1.82, 2.24) is 0 Å². The number of halogens is 2. The fourth-order valence-electron chi connectivity index (χ4n) is 1.85. The Morgan fingerprint density at radius 3 is 2.42 bits per heavy atom. The first kappa shape index (κ1) is 22.0. The second-order valence-corrected chi connectivity index (χ2v) is 6.48. The number of rotatable bonds is 8. The van der Waals surface area contributed by atoms with E-state index in [0.29, 0.717) is 6.42 Å². The Kier molecular flexibility index (Phi) is 8.61. The number of esters is 2. The molecule has 0 bridgehead atoms. The Balaban J connectivity index is 3.15. The summed E-state index contributed by atoms with van der Waals surface area (Å²) in [6, 6.07) is 2.84. The molecule has 1 aromatic rings. The van der Waals surface area contributed by atoms with Gasteiger partial charge in [-0.3, -0.25) is 4.79 Å². The van der Waals surface area contributed by atoms with Crippen LogP contribution in [0.1, 0.15) is 44.5 Å². The lowest BCUT2D eigenvalue weighted by molar-refractivity contribution is -0.140. The van der Waals surface area contributed by atoms with Crippen molar-refractivity contribution in [3.8, 4) is 0 Å². The van der Waals surface area contributed by atoms with Gasteiger partial charge in [-0.05, 0) is 39.3 Å². The van der Waals surface area contributed by atoms with Crippen LogP contribution in [0.3, 0.4) is 0 Å². The number of Topliss-reactive ketones (excluding diaryl/α,β-unsaturated/α-hetero) is 1. The van der Waals surface area contributed by atoms with Gasteiger partial charge in [-0.25, -0.2) is 9.59 Å². The van der Waals surface area contributed by atoms with Crippen LogP contribution in [0.2, 0.25) is 10.0 Å². The van der Waals surface area contributed by atoms with Crippen molar-refractivity contribution < 1.29 is 23.9 Å².